The fourth-order valence-electron chi connectivity index (χ4n) is 4.75. The molecule has 174 valence electrons. The largest absolute Gasteiger partial charge is 0.383 e. The van der Waals surface area contributed by atoms with E-state index in [1.165, 1.54) is 6.33 Å². The molecule has 0 aromatic carbocycles. The van der Waals surface area contributed by atoms with Crippen molar-refractivity contribution >= 4 is 33.7 Å². The van der Waals surface area contributed by atoms with Crippen LogP contribution in [0.1, 0.15) is 29.2 Å². The number of ether oxygens (including phenoxy) is 1. The van der Waals surface area contributed by atoms with E-state index < -0.39 is 0 Å². The highest BCUT2D eigenvalue weighted by molar-refractivity contribution is 7.09. The Morgan fingerprint density at radius 3 is 2.91 bits per heavy atom. The van der Waals surface area contributed by atoms with Gasteiger partial charge in [0.2, 0.25) is 0 Å². The minimum atomic E-state index is -0.0789. The lowest BCUT2D eigenvalue weighted by atomic mass is 10.1. The Bertz CT molecular complexity index is 1480. The van der Waals surface area contributed by atoms with Crippen LogP contribution in [0.15, 0.2) is 42.2 Å². The summed E-state index contributed by atoms with van der Waals surface area (Å²) in [6, 6.07) is 8.36. The van der Waals surface area contributed by atoms with Gasteiger partial charge in [-0.15, -0.1) is 11.3 Å². The zero-order valence-electron chi connectivity index (χ0n) is 19.2. The van der Waals surface area contributed by atoms with Crippen LogP contribution in [-0.4, -0.2) is 60.3 Å². The van der Waals surface area contributed by atoms with Gasteiger partial charge in [-0.25, -0.2) is 19.6 Å². The van der Waals surface area contributed by atoms with Gasteiger partial charge in [0, 0.05) is 35.7 Å². The van der Waals surface area contributed by atoms with Crippen molar-refractivity contribution < 1.29 is 4.74 Å². The first-order valence-corrected chi connectivity index (χ1v) is 12.3. The van der Waals surface area contributed by atoms with Crippen LogP contribution in [-0.2, 0) is 11.3 Å². The number of hydrogen-bond acceptors (Lipinski definition) is 8. The summed E-state index contributed by atoms with van der Waals surface area (Å²) >= 11 is 1.71. The number of anilines is 1. The van der Waals surface area contributed by atoms with E-state index >= 15 is 0 Å². The molecule has 1 saturated heterocycles. The maximum atomic E-state index is 6.14. The highest BCUT2D eigenvalue weighted by Gasteiger charge is 2.24. The summed E-state index contributed by atoms with van der Waals surface area (Å²) in [5, 5.41) is 8.88. The van der Waals surface area contributed by atoms with Crippen LogP contribution in [0.2, 0.25) is 0 Å². The summed E-state index contributed by atoms with van der Waals surface area (Å²) in [4.78, 5) is 16.1. The van der Waals surface area contributed by atoms with E-state index in [-0.39, 0.29) is 6.04 Å². The van der Waals surface area contributed by atoms with E-state index in [9.17, 15) is 0 Å². The van der Waals surface area contributed by atoms with Crippen LogP contribution in [0, 0.1) is 6.92 Å². The zero-order chi connectivity index (χ0) is 23.2. The third-order valence-corrected chi connectivity index (χ3v) is 7.31. The van der Waals surface area contributed by atoms with Gasteiger partial charge in [-0.1, -0.05) is 6.07 Å². The summed E-state index contributed by atoms with van der Waals surface area (Å²) in [7, 11) is 0. The molecule has 1 fully saturated rings. The Hall–Kier alpha value is -3.34. The number of nitrogen functional groups attached to an aromatic ring is 1. The number of nitrogens with zero attached hydrogens (tertiary/aromatic N) is 7. The van der Waals surface area contributed by atoms with Crippen molar-refractivity contribution in [2.75, 3.05) is 32.0 Å². The van der Waals surface area contributed by atoms with E-state index in [0.29, 0.717) is 5.82 Å². The lowest BCUT2D eigenvalue weighted by molar-refractivity contribution is 0.0342. The first-order chi connectivity index (χ1) is 16.6. The van der Waals surface area contributed by atoms with Crippen LogP contribution >= 0.6 is 11.3 Å². The fourth-order valence-corrected chi connectivity index (χ4v) is 5.57. The number of rotatable bonds is 5. The van der Waals surface area contributed by atoms with E-state index in [1.54, 1.807) is 11.3 Å². The third-order valence-electron chi connectivity index (χ3n) is 6.48. The second kappa shape index (κ2) is 8.46. The molecule has 1 aliphatic heterocycles. The van der Waals surface area contributed by atoms with Crippen molar-refractivity contribution in [2.45, 2.75) is 26.4 Å². The predicted molar refractivity (Wildman–Crippen MR) is 133 cm³/mol. The monoisotopic (exact) mass is 474 g/mol. The van der Waals surface area contributed by atoms with Crippen LogP contribution in [0.5, 0.6) is 0 Å². The van der Waals surface area contributed by atoms with E-state index in [4.69, 9.17) is 20.6 Å². The van der Waals surface area contributed by atoms with Gasteiger partial charge in [-0.05, 0) is 32.0 Å². The summed E-state index contributed by atoms with van der Waals surface area (Å²) in [5.74, 6) is 0.454. The van der Waals surface area contributed by atoms with E-state index in [2.05, 4.69) is 56.0 Å². The smallest absolute Gasteiger partial charge is 0.164 e. The number of thiazole rings is 1. The minimum absolute atomic E-state index is 0.0789. The standard InChI is InChI=1S/C24H26N8OS/c1-15-21-23(25)26-14-27-24(21)32(29-15)16(2)18-11-17-5-3-4-6-31(17)22(18)19-13-34-20(28-19)12-30-7-9-33-10-8-30/h3-6,11,13-14,16H,7-10,12H2,1-2H3,(H2,25,26,27). The van der Waals surface area contributed by atoms with Gasteiger partial charge in [0.05, 0.1) is 48.3 Å². The van der Waals surface area contributed by atoms with Crippen LogP contribution in [0.4, 0.5) is 5.82 Å². The first-order valence-electron chi connectivity index (χ1n) is 11.4. The SMILES string of the molecule is Cc1nn(C(C)c2cc3ccccn3c2-c2csc(CN3CCOCC3)n2)c2ncnc(N)c12. The molecule has 0 bridgehead atoms. The molecule has 10 heteroatoms. The molecule has 5 aromatic heterocycles. The van der Waals surface area contributed by atoms with Crippen molar-refractivity contribution in [3.05, 3.63) is 58.4 Å². The van der Waals surface area contributed by atoms with Crippen molar-refractivity contribution in [1.29, 1.82) is 0 Å². The van der Waals surface area contributed by atoms with Gasteiger partial charge >= 0.3 is 0 Å². The summed E-state index contributed by atoms with van der Waals surface area (Å²) in [6.07, 6.45) is 3.59. The first kappa shape index (κ1) is 21.2. The van der Waals surface area contributed by atoms with Gasteiger partial charge in [-0.2, -0.15) is 5.10 Å². The normalized spacial score (nSPS) is 15.9. The van der Waals surface area contributed by atoms with Crippen molar-refractivity contribution in [1.82, 2.24) is 34.0 Å². The second-order valence-electron chi connectivity index (χ2n) is 8.62. The molecular weight excluding hydrogens is 448 g/mol. The van der Waals surface area contributed by atoms with Crippen molar-refractivity contribution in [3.8, 4) is 11.4 Å². The molecule has 5 aromatic rings. The van der Waals surface area contributed by atoms with E-state index in [1.807, 2.05) is 17.7 Å². The lowest BCUT2D eigenvalue weighted by Gasteiger charge is -2.25. The van der Waals surface area contributed by atoms with Gasteiger partial charge in [0.25, 0.3) is 0 Å². The Balaban J connectivity index is 1.44. The van der Waals surface area contributed by atoms with Crippen molar-refractivity contribution in [3.63, 3.8) is 0 Å². The molecule has 0 radical (unpaired) electrons. The number of fused-ring (bicyclic) bond motifs is 2. The average molecular weight is 475 g/mol. The number of nitrogens with two attached hydrogens (primary N) is 1. The number of aromatic nitrogens is 6. The number of morpholine rings is 1. The summed E-state index contributed by atoms with van der Waals surface area (Å²) in [5.41, 5.74) is 12.0. The number of pyridine rings is 1. The van der Waals surface area contributed by atoms with Gasteiger partial charge in [0.1, 0.15) is 17.2 Å². The second-order valence-corrected chi connectivity index (χ2v) is 9.56. The molecule has 6 rings (SSSR count). The van der Waals surface area contributed by atoms with Gasteiger partial charge < -0.3 is 14.9 Å². The molecule has 1 aliphatic rings. The average Bonchev–Trinajstić information content (AvgIpc) is 3.55. The topological polar surface area (TPSA) is 99.4 Å². The van der Waals surface area contributed by atoms with Gasteiger partial charge in [0.15, 0.2) is 5.65 Å². The number of hydrogen-bond donors (Lipinski definition) is 1. The molecule has 0 saturated carbocycles. The third kappa shape index (κ3) is 3.54. The minimum Gasteiger partial charge on any atom is -0.383 e. The maximum absolute atomic E-state index is 6.14. The van der Waals surface area contributed by atoms with Crippen LogP contribution < -0.4 is 5.73 Å². The number of aryl methyl sites for hydroxylation is 1. The summed E-state index contributed by atoms with van der Waals surface area (Å²) < 4.78 is 9.64. The molecular formula is C24H26N8OS. The molecule has 9 nitrogen and oxygen atoms in total. The highest BCUT2D eigenvalue weighted by Crippen LogP contribution is 2.36. The maximum Gasteiger partial charge on any atom is 0.164 e. The predicted octanol–water partition coefficient (Wildman–Crippen LogP) is 3.53. The molecule has 6 heterocycles. The fraction of sp³-hybridized carbons (Fsp3) is 0.333. The van der Waals surface area contributed by atoms with Crippen LogP contribution in [0.25, 0.3) is 27.9 Å². The van der Waals surface area contributed by atoms with Gasteiger partial charge in [-0.3, -0.25) is 4.90 Å². The summed E-state index contributed by atoms with van der Waals surface area (Å²) in [6.45, 7) is 8.40. The van der Waals surface area contributed by atoms with Crippen molar-refractivity contribution in [2.24, 2.45) is 0 Å². The molecule has 0 aliphatic carbocycles. The Morgan fingerprint density at radius 2 is 2.06 bits per heavy atom. The molecule has 1 atom stereocenters. The molecule has 34 heavy (non-hydrogen) atoms. The Morgan fingerprint density at radius 1 is 1.21 bits per heavy atom. The Labute approximate surface area is 200 Å². The molecule has 1 unspecified atom stereocenters. The van der Waals surface area contributed by atoms with E-state index in [0.717, 1.165) is 77.1 Å². The Kier molecular flexibility index (Phi) is 5.28. The highest BCUT2D eigenvalue weighted by atomic mass is 32.1. The molecule has 2 N–H and O–H groups in total. The lowest BCUT2D eigenvalue weighted by Crippen LogP contribution is -2.35. The molecule has 0 spiro atoms. The quantitative estimate of drug-likeness (QED) is 0.416. The zero-order valence-corrected chi connectivity index (χ0v) is 20.0. The van der Waals surface area contributed by atoms with Crippen LogP contribution in [0.3, 0.4) is 0 Å². The molecule has 0 amide bonds.